The second-order valence-corrected chi connectivity index (χ2v) is 7.11. The van der Waals surface area contributed by atoms with E-state index in [9.17, 15) is 8.42 Å². The summed E-state index contributed by atoms with van der Waals surface area (Å²) in [5, 5.41) is 0.656. The Labute approximate surface area is 104 Å². The van der Waals surface area contributed by atoms with Crippen molar-refractivity contribution in [3.63, 3.8) is 0 Å². The Morgan fingerprint density at radius 2 is 2.06 bits per heavy atom. The van der Waals surface area contributed by atoms with Crippen molar-refractivity contribution in [2.45, 2.75) is 12.2 Å². The SMILES string of the molecule is NCCCS(=O)(=O)Cc1nc2ccccc2s1. The maximum atomic E-state index is 11.7. The van der Waals surface area contributed by atoms with Gasteiger partial charge in [0.1, 0.15) is 10.8 Å². The van der Waals surface area contributed by atoms with Crippen LogP contribution in [0.2, 0.25) is 0 Å². The van der Waals surface area contributed by atoms with E-state index in [1.807, 2.05) is 24.3 Å². The molecule has 0 saturated heterocycles. The second-order valence-electron chi connectivity index (χ2n) is 3.81. The van der Waals surface area contributed by atoms with E-state index in [0.717, 1.165) is 10.2 Å². The number of thiazole rings is 1. The third kappa shape index (κ3) is 3.24. The van der Waals surface area contributed by atoms with Gasteiger partial charge in [-0.15, -0.1) is 11.3 Å². The average molecular weight is 270 g/mol. The monoisotopic (exact) mass is 270 g/mol. The van der Waals surface area contributed by atoms with Gasteiger partial charge >= 0.3 is 0 Å². The molecule has 1 heterocycles. The molecule has 1 aromatic carbocycles. The zero-order valence-electron chi connectivity index (χ0n) is 9.30. The van der Waals surface area contributed by atoms with Gasteiger partial charge in [-0.3, -0.25) is 0 Å². The molecule has 17 heavy (non-hydrogen) atoms. The molecule has 0 unspecified atom stereocenters. The fraction of sp³-hybridized carbons (Fsp3) is 0.364. The number of benzene rings is 1. The first-order valence-corrected chi connectivity index (χ1v) is 7.99. The molecule has 2 N–H and O–H groups in total. The van der Waals surface area contributed by atoms with Gasteiger partial charge in [-0.2, -0.15) is 0 Å². The maximum Gasteiger partial charge on any atom is 0.156 e. The Balaban J connectivity index is 2.18. The molecule has 0 spiro atoms. The largest absolute Gasteiger partial charge is 0.330 e. The zero-order chi connectivity index (χ0) is 12.3. The van der Waals surface area contributed by atoms with Gasteiger partial charge in [0.15, 0.2) is 9.84 Å². The van der Waals surface area contributed by atoms with Crippen LogP contribution in [0.25, 0.3) is 10.2 Å². The van der Waals surface area contributed by atoms with Gasteiger partial charge in [-0.1, -0.05) is 12.1 Å². The standard InChI is InChI=1S/C11H14N2O2S2/c12-6-3-7-17(14,15)8-11-13-9-4-1-2-5-10(9)16-11/h1-2,4-5H,3,6-8,12H2. The summed E-state index contributed by atoms with van der Waals surface area (Å²) in [5.74, 6) is 0.159. The first-order chi connectivity index (χ1) is 8.11. The molecule has 0 aliphatic heterocycles. The number of fused-ring (bicyclic) bond motifs is 1. The van der Waals surface area contributed by atoms with Gasteiger partial charge < -0.3 is 5.73 Å². The van der Waals surface area contributed by atoms with E-state index < -0.39 is 9.84 Å². The number of rotatable bonds is 5. The topological polar surface area (TPSA) is 73.1 Å². The molecule has 4 nitrogen and oxygen atoms in total. The predicted molar refractivity (Wildman–Crippen MR) is 70.8 cm³/mol. The second kappa shape index (κ2) is 5.12. The molecule has 2 rings (SSSR count). The minimum Gasteiger partial charge on any atom is -0.330 e. The molecule has 0 bridgehead atoms. The minimum absolute atomic E-state index is 0.0202. The maximum absolute atomic E-state index is 11.7. The lowest BCUT2D eigenvalue weighted by Gasteiger charge is -1.99. The summed E-state index contributed by atoms with van der Waals surface area (Å²) in [6, 6.07) is 7.66. The Morgan fingerprint density at radius 1 is 1.29 bits per heavy atom. The van der Waals surface area contributed by atoms with Gasteiger partial charge in [0, 0.05) is 0 Å². The van der Waals surface area contributed by atoms with Gasteiger partial charge in [0.05, 0.1) is 16.0 Å². The van der Waals surface area contributed by atoms with Crippen molar-refractivity contribution >= 4 is 31.4 Å². The van der Waals surface area contributed by atoms with E-state index in [1.165, 1.54) is 11.3 Å². The smallest absolute Gasteiger partial charge is 0.156 e. The molecule has 0 aliphatic rings. The van der Waals surface area contributed by atoms with Crippen molar-refractivity contribution in [1.82, 2.24) is 4.98 Å². The first kappa shape index (κ1) is 12.5. The highest BCUT2D eigenvalue weighted by Crippen LogP contribution is 2.23. The van der Waals surface area contributed by atoms with E-state index in [4.69, 9.17) is 5.73 Å². The van der Waals surface area contributed by atoms with Crippen LogP contribution in [-0.4, -0.2) is 25.7 Å². The Hall–Kier alpha value is -0.980. The Kier molecular flexibility index (Phi) is 3.76. The first-order valence-electron chi connectivity index (χ1n) is 5.36. The van der Waals surface area contributed by atoms with Crippen molar-refractivity contribution in [1.29, 1.82) is 0 Å². The van der Waals surface area contributed by atoms with Crippen LogP contribution < -0.4 is 5.73 Å². The fourth-order valence-electron chi connectivity index (χ4n) is 1.55. The molecule has 0 atom stereocenters. The normalized spacial score (nSPS) is 12.1. The summed E-state index contributed by atoms with van der Waals surface area (Å²) < 4.78 is 24.5. The van der Waals surface area contributed by atoms with Crippen LogP contribution in [0.15, 0.2) is 24.3 Å². The Morgan fingerprint density at radius 3 is 2.76 bits per heavy atom. The number of sulfone groups is 1. The van der Waals surface area contributed by atoms with Crippen molar-refractivity contribution in [2.75, 3.05) is 12.3 Å². The van der Waals surface area contributed by atoms with Crippen LogP contribution in [0.3, 0.4) is 0 Å². The van der Waals surface area contributed by atoms with Crippen molar-refractivity contribution < 1.29 is 8.42 Å². The molecule has 0 saturated carbocycles. The highest BCUT2D eigenvalue weighted by atomic mass is 32.2. The molecule has 2 aromatic rings. The molecule has 0 aliphatic carbocycles. The number of hydrogen-bond acceptors (Lipinski definition) is 5. The number of para-hydroxylation sites is 1. The van der Waals surface area contributed by atoms with Gasteiger partial charge in [0.25, 0.3) is 0 Å². The summed E-state index contributed by atoms with van der Waals surface area (Å²) in [7, 11) is -3.08. The van der Waals surface area contributed by atoms with E-state index in [-0.39, 0.29) is 11.5 Å². The molecule has 0 radical (unpaired) electrons. The molecule has 92 valence electrons. The molecule has 1 aromatic heterocycles. The highest BCUT2D eigenvalue weighted by Gasteiger charge is 2.14. The summed E-state index contributed by atoms with van der Waals surface area (Å²) >= 11 is 1.44. The summed E-state index contributed by atoms with van der Waals surface area (Å²) in [4.78, 5) is 4.31. The van der Waals surface area contributed by atoms with Crippen LogP contribution in [0.1, 0.15) is 11.4 Å². The van der Waals surface area contributed by atoms with E-state index in [0.29, 0.717) is 18.0 Å². The van der Waals surface area contributed by atoms with E-state index in [1.54, 1.807) is 0 Å². The van der Waals surface area contributed by atoms with Gasteiger partial charge in [-0.05, 0) is 25.1 Å². The van der Waals surface area contributed by atoms with Gasteiger partial charge in [-0.25, -0.2) is 13.4 Å². The quantitative estimate of drug-likeness (QED) is 0.895. The summed E-state index contributed by atoms with van der Waals surface area (Å²) in [5.41, 5.74) is 6.18. The number of nitrogens with zero attached hydrogens (tertiary/aromatic N) is 1. The molecular weight excluding hydrogens is 256 g/mol. The molecule has 0 amide bonds. The van der Waals surface area contributed by atoms with Crippen LogP contribution in [-0.2, 0) is 15.6 Å². The third-order valence-electron chi connectivity index (χ3n) is 2.34. The predicted octanol–water partition coefficient (Wildman–Crippen LogP) is 1.56. The van der Waals surface area contributed by atoms with Crippen molar-refractivity contribution in [2.24, 2.45) is 5.73 Å². The van der Waals surface area contributed by atoms with Crippen LogP contribution >= 0.6 is 11.3 Å². The lowest BCUT2D eigenvalue weighted by molar-refractivity contribution is 0.592. The van der Waals surface area contributed by atoms with Crippen molar-refractivity contribution in [3.05, 3.63) is 29.3 Å². The van der Waals surface area contributed by atoms with E-state index >= 15 is 0 Å². The fourth-order valence-corrected chi connectivity index (χ4v) is 4.27. The lowest BCUT2D eigenvalue weighted by Crippen LogP contribution is -2.13. The number of nitrogens with two attached hydrogens (primary N) is 1. The summed E-state index contributed by atoms with van der Waals surface area (Å²) in [6.45, 7) is 0.402. The van der Waals surface area contributed by atoms with Crippen LogP contribution in [0, 0.1) is 0 Å². The zero-order valence-corrected chi connectivity index (χ0v) is 10.9. The van der Waals surface area contributed by atoms with Crippen LogP contribution in [0.5, 0.6) is 0 Å². The number of aromatic nitrogens is 1. The average Bonchev–Trinajstić information content (AvgIpc) is 2.67. The third-order valence-corrected chi connectivity index (χ3v) is 5.18. The molecule has 0 fully saturated rings. The lowest BCUT2D eigenvalue weighted by atomic mass is 10.3. The molecular formula is C11H14N2O2S2. The van der Waals surface area contributed by atoms with Crippen LogP contribution in [0.4, 0.5) is 0 Å². The molecule has 6 heteroatoms. The minimum atomic E-state index is -3.08. The van der Waals surface area contributed by atoms with Crippen molar-refractivity contribution in [3.8, 4) is 0 Å². The Bertz CT molecular complexity index is 572. The van der Waals surface area contributed by atoms with Gasteiger partial charge in [0.2, 0.25) is 0 Å². The van der Waals surface area contributed by atoms with E-state index in [2.05, 4.69) is 4.98 Å². The summed E-state index contributed by atoms with van der Waals surface area (Å²) in [6.07, 6.45) is 0.507. The number of hydrogen-bond donors (Lipinski definition) is 1. The highest BCUT2D eigenvalue weighted by molar-refractivity contribution is 7.90.